The van der Waals surface area contributed by atoms with Gasteiger partial charge in [0.1, 0.15) is 17.5 Å². The number of rotatable bonds is 7. The lowest BCUT2D eigenvalue weighted by molar-refractivity contribution is -0.142. The lowest BCUT2D eigenvalue weighted by Crippen LogP contribution is -2.55. The predicted octanol–water partition coefficient (Wildman–Crippen LogP) is 2.86. The molecule has 0 unspecified atom stereocenters. The van der Waals surface area contributed by atoms with E-state index in [1.54, 1.807) is 13.0 Å². The van der Waals surface area contributed by atoms with E-state index in [0.29, 0.717) is 10.7 Å². The van der Waals surface area contributed by atoms with E-state index in [9.17, 15) is 22.8 Å². The fraction of sp³-hybridized carbons (Fsp3) is 0.400. The molecule has 0 saturated heterocycles. The van der Waals surface area contributed by atoms with Gasteiger partial charge in [0.05, 0.1) is 5.56 Å². The summed E-state index contributed by atoms with van der Waals surface area (Å²) in [5.41, 5.74) is 1.29. The summed E-state index contributed by atoms with van der Waals surface area (Å²) in [6.07, 6.45) is 0.320. The van der Waals surface area contributed by atoms with Crippen LogP contribution in [0.3, 0.4) is 0 Å². The summed E-state index contributed by atoms with van der Waals surface area (Å²) < 4.78 is 26.6. The molecule has 1 heterocycles. The maximum atomic E-state index is 13.6. The van der Waals surface area contributed by atoms with Crippen LogP contribution in [0.15, 0.2) is 53.4 Å². The maximum absolute atomic E-state index is 13.6. The molecule has 0 saturated carbocycles. The van der Waals surface area contributed by atoms with Gasteiger partial charge in [-0.25, -0.2) is 12.7 Å². The van der Waals surface area contributed by atoms with Gasteiger partial charge in [-0.3, -0.25) is 14.4 Å². The van der Waals surface area contributed by atoms with Gasteiger partial charge in [-0.2, -0.15) is 0 Å². The third-order valence-electron chi connectivity index (χ3n) is 5.68. The molecule has 0 radical (unpaired) electrons. The first-order valence-electron chi connectivity index (χ1n) is 11.2. The molecule has 3 amide bonds. The molecule has 34 heavy (non-hydrogen) atoms. The molecule has 0 bridgehead atoms. The molecule has 1 aliphatic heterocycles. The Hall–Kier alpha value is -3.20. The second-order valence-electron chi connectivity index (χ2n) is 9.42. The van der Waals surface area contributed by atoms with Crippen LogP contribution in [0.5, 0.6) is 0 Å². The number of carbonyl (C=O) groups excluding carboxylic acids is 3. The first-order chi connectivity index (χ1) is 15.9. The number of benzene rings is 2. The Kier molecular flexibility index (Phi) is 7.16. The summed E-state index contributed by atoms with van der Waals surface area (Å²) in [6.45, 7) is 8.66. The van der Waals surface area contributed by atoms with Crippen LogP contribution in [0, 0.1) is 6.92 Å². The molecular weight excluding hydrogens is 454 g/mol. The minimum Gasteiger partial charge on any atom is -0.350 e. The van der Waals surface area contributed by atoms with Crippen molar-refractivity contribution in [2.24, 2.45) is 0 Å². The first kappa shape index (κ1) is 25.4. The van der Waals surface area contributed by atoms with E-state index in [-0.39, 0.29) is 22.9 Å². The summed E-state index contributed by atoms with van der Waals surface area (Å²) in [5, 5.41) is 2.91. The molecule has 3 rings (SSSR count). The van der Waals surface area contributed by atoms with Crippen LogP contribution < -0.4 is 5.32 Å². The number of nitrogens with zero attached hydrogens (tertiary/aromatic N) is 2. The molecule has 8 nitrogen and oxygen atoms in total. The zero-order chi connectivity index (χ0) is 25.3. The van der Waals surface area contributed by atoms with Crippen molar-refractivity contribution in [3.05, 3.63) is 65.2 Å². The Balaban J connectivity index is 1.96. The van der Waals surface area contributed by atoms with Crippen molar-refractivity contribution >= 4 is 27.7 Å². The fourth-order valence-corrected chi connectivity index (χ4v) is 5.46. The van der Waals surface area contributed by atoms with E-state index in [0.717, 1.165) is 11.1 Å². The standard InChI is InChI=1S/C25H31N3O5S/c1-6-20(23(30)26-25(3,4)5)27(15-18-12-8-7-11-17(18)2)22(29)16-28-24(31)19-13-9-10-14-21(19)34(28,32)33/h7-14,20H,6,15-16H2,1-5H3,(H,26,30)/t20-/m0/s1. The molecule has 182 valence electrons. The zero-order valence-electron chi connectivity index (χ0n) is 20.2. The lowest BCUT2D eigenvalue weighted by Gasteiger charge is -2.34. The van der Waals surface area contributed by atoms with Gasteiger partial charge < -0.3 is 10.2 Å². The molecule has 2 aromatic carbocycles. The monoisotopic (exact) mass is 485 g/mol. The highest BCUT2D eigenvalue weighted by Gasteiger charge is 2.43. The van der Waals surface area contributed by atoms with Gasteiger partial charge in [-0.15, -0.1) is 0 Å². The summed E-state index contributed by atoms with van der Waals surface area (Å²) in [5.74, 6) is -1.70. The molecule has 1 aliphatic rings. The van der Waals surface area contributed by atoms with Crippen molar-refractivity contribution < 1.29 is 22.8 Å². The number of hydrogen-bond acceptors (Lipinski definition) is 5. The molecule has 0 spiro atoms. The number of aryl methyl sites for hydroxylation is 1. The topological polar surface area (TPSA) is 104 Å². The van der Waals surface area contributed by atoms with Gasteiger partial charge in [0.2, 0.25) is 11.8 Å². The van der Waals surface area contributed by atoms with Crippen molar-refractivity contribution in [3.8, 4) is 0 Å². The highest BCUT2D eigenvalue weighted by Crippen LogP contribution is 2.30. The highest BCUT2D eigenvalue weighted by atomic mass is 32.2. The molecule has 0 fully saturated rings. The maximum Gasteiger partial charge on any atom is 0.269 e. The van der Waals surface area contributed by atoms with Crippen molar-refractivity contribution in [2.75, 3.05) is 6.54 Å². The normalized spacial score (nSPS) is 15.6. The minimum atomic E-state index is -4.15. The van der Waals surface area contributed by atoms with Gasteiger partial charge in [0, 0.05) is 12.1 Å². The number of sulfonamides is 1. The predicted molar refractivity (Wildman–Crippen MR) is 128 cm³/mol. The molecular formula is C25H31N3O5S. The highest BCUT2D eigenvalue weighted by molar-refractivity contribution is 7.90. The van der Waals surface area contributed by atoms with Crippen LogP contribution in [0.2, 0.25) is 0 Å². The second kappa shape index (κ2) is 9.58. The van der Waals surface area contributed by atoms with Gasteiger partial charge in [0.25, 0.3) is 15.9 Å². The van der Waals surface area contributed by atoms with Crippen molar-refractivity contribution in [3.63, 3.8) is 0 Å². The summed E-state index contributed by atoms with van der Waals surface area (Å²) in [4.78, 5) is 40.8. The average molecular weight is 486 g/mol. The van der Waals surface area contributed by atoms with Gasteiger partial charge in [-0.1, -0.05) is 43.3 Å². The summed E-state index contributed by atoms with van der Waals surface area (Å²) in [6, 6.07) is 12.5. The van der Waals surface area contributed by atoms with E-state index in [1.165, 1.54) is 23.1 Å². The van der Waals surface area contributed by atoms with E-state index >= 15 is 0 Å². The Bertz CT molecular complexity index is 1220. The Morgan fingerprint density at radius 1 is 1.06 bits per heavy atom. The zero-order valence-corrected chi connectivity index (χ0v) is 21.0. The Labute approximate surface area is 201 Å². The van der Waals surface area contributed by atoms with Crippen LogP contribution in [0.1, 0.15) is 55.6 Å². The number of carbonyl (C=O) groups is 3. The van der Waals surface area contributed by atoms with E-state index in [1.807, 2.05) is 52.0 Å². The van der Waals surface area contributed by atoms with Crippen LogP contribution in [0.25, 0.3) is 0 Å². The van der Waals surface area contributed by atoms with Gasteiger partial charge >= 0.3 is 0 Å². The smallest absolute Gasteiger partial charge is 0.269 e. The van der Waals surface area contributed by atoms with Crippen molar-refractivity contribution in [1.82, 2.24) is 14.5 Å². The van der Waals surface area contributed by atoms with E-state index in [4.69, 9.17) is 0 Å². The van der Waals surface area contributed by atoms with Crippen molar-refractivity contribution in [2.45, 2.75) is 64.1 Å². The lowest BCUT2D eigenvalue weighted by atomic mass is 10.0. The number of fused-ring (bicyclic) bond motifs is 1. The summed E-state index contributed by atoms with van der Waals surface area (Å²) >= 11 is 0. The Morgan fingerprint density at radius 2 is 1.68 bits per heavy atom. The molecule has 9 heteroatoms. The molecule has 0 aromatic heterocycles. The molecule has 0 aliphatic carbocycles. The number of amides is 3. The second-order valence-corrected chi connectivity index (χ2v) is 11.3. The molecule has 1 atom stereocenters. The van der Waals surface area contributed by atoms with Crippen LogP contribution in [0.4, 0.5) is 0 Å². The number of nitrogens with one attached hydrogen (secondary N) is 1. The minimum absolute atomic E-state index is 0.0401. The fourth-order valence-electron chi connectivity index (χ4n) is 3.94. The Morgan fingerprint density at radius 3 is 2.26 bits per heavy atom. The van der Waals surface area contributed by atoms with Crippen LogP contribution >= 0.6 is 0 Å². The first-order valence-corrected chi connectivity index (χ1v) is 12.6. The molecule has 2 aromatic rings. The molecule has 1 N–H and O–H groups in total. The van der Waals surface area contributed by atoms with Gasteiger partial charge in [-0.05, 0) is 57.4 Å². The largest absolute Gasteiger partial charge is 0.350 e. The third-order valence-corrected chi connectivity index (χ3v) is 7.46. The van der Waals surface area contributed by atoms with E-state index in [2.05, 4.69) is 5.32 Å². The van der Waals surface area contributed by atoms with E-state index < -0.39 is 40.0 Å². The van der Waals surface area contributed by atoms with Gasteiger partial charge in [0.15, 0.2) is 0 Å². The van der Waals surface area contributed by atoms with Crippen LogP contribution in [-0.4, -0.2) is 53.5 Å². The van der Waals surface area contributed by atoms with Crippen molar-refractivity contribution in [1.29, 1.82) is 0 Å². The average Bonchev–Trinajstić information content (AvgIpc) is 2.94. The summed E-state index contributed by atoms with van der Waals surface area (Å²) in [7, 11) is -4.15. The number of hydrogen-bond donors (Lipinski definition) is 1. The SMILES string of the molecule is CC[C@@H](C(=O)NC(C)(C)C)N(Cc1ccccc1C)C(=O)CN1C(=O)c2ccccc2S1(=O)=O. The quantitative estimate of drug-likeness (QED) is 0.650. The third kappa shape index (κ3) is 5.14. The van der Waals surface area contributed by atoms with Crippen LogP contribution in [-0.2, 0) is 26.2 Å².